The Morgan fingerprint density at radius 3 is 2.71 bits per heavy atom. The van der Waals surface area contributed by atoms with Crippen molar-refractivity contribution in [1.82, 2.24) is 4.98 Å². The Morgan fingerprint density at radius 2 is 2.06 bits per heavy atom. The molecule has 2 rings (SSSR count). The number of nitrogens with one attached hydrogen (secondary N) is 1. The summed E-state index contributed by atoms with van der Waals surface area (Å²) in [4.78, 5) is 4.68. The quantitative estimate of drug-likeness (QED) is 0.881. The number of rotatable bonds is 3. The summed E-state index contributed by atoms with van der Waals surface area (Å²) in [7, 11) is 0. The minimum Gasteiger partial charge on any atom is -0.385 e. The number of hydrogen-bond donors (Lipinski definition) is 1. The van der Waals surface area contributed by atoms with Gasteiger partial charge >= 0.3 is 0 Å². The molecule has 0 amide bonds. The van der Waals surface area contributed by atoms with Crippen molar-refractivity contribution in [3.8, 4) is 0 Å². The molecule has 0 unspecified atom stereocenters. The molecule has 0 aliphatic carbocycles. The predicted octanol–water partition coefficient (Wildman–Crippen LogP) is 4.19. The van der Waals surface area contributed by atoms with Gasteiger partial charge in [-0.1, -0.05) is 18.5 Å². The van der Waals surface area contributed by atoms with Crippen LogP contribution >= 0.6 is 11.6 Å². The van der Waals surface area contributed by atoms with Crippen LogP contribution in [-0.4, -0.2) is 11.5 Å². The van der Waals surface area contributed by atoms with E-state index in [-0.39, 0.29) is 0 Å². The Labute approximate surface area is 107 Å². The first-order chi connectivity index (χ1) is 8.17. The number of nitrogens with zero attached hydrogens (tertiary/aromatic N) is 1. The maximum absolute atomic E-state index is 6.06. The van der Waals surface area contributed by atoms with E-state index in [1.807, 2.05) is 18.2 Å². The zero-order chi connectivity index (χ0) is 12.4. The highest BCUT2D eigenvalue weighted by atomic mass is 35.5. The van der Waals surface area contributed by atoms with Crippen molar-refractivity contribution in [2.75, 3.05) is 11.9 Å². The van der Waals surface area contributed by atoms with Gasteiger partial charge in [0.2, 0.25) is 0 Å². The first-order valence-corrected chi connectivity index (χ1v) is 6.37. The van der Waals surface area contributed by atoms with E-state index in [1.54, 1.807) is 0 Å². The molecule has 1 N–H and O–H groups in total. The number of pyridine rings is 1. The average Bonchev–Trinajstić information content (AvgIpc) is 2.33. The lowest BCUT2D eigenvalue weighted by Crippen LogP contribution is -2.04. The molecular formula is C14H17ClN2. The van der Waals surface area contributed by atoms with Gasteiger partial charge in [-0.2, -0.15) is 0 Å². The Kier molecular flexibility index (Phi) is 3.53. The lowest BCUT2D eigenvalue weighted by molar-refractivity contribution is 1.03. The minimum atomic E-state index is 0.752. The average molecular weight is 249 g/mol. The normalized spacial score (nSPS) is 10.8. The van der Waals surface area contributed by atoms with Gasteiger partial charge in [0, 0.05) is 28.3 Å². The van der Waals surface area contributed by atoms with Crippen LogP contribution in [0.5, 0.6) is 0 Å². The van der Waals surface area contributed by atoms with E-state index < -0.39 is 0 Å². The molecule has 2 aromatic rings. The highest BCUT2D eigenvalue weighted by molar-refractivity contribution is 6.31. The second kappa shape index (κ2) is 4.92. The second-order valence-corrected chi connectivity index (χ2v) is 4.54. The lowest BCUT2D eigenvalue weighted by Gasteiger charge is -2.14. The van der Waals surface area contributed by atoms with Crippen LogP contribution in [-0.2, 0) is 6.42 Å². The van der Waals surface area contributed by atoms with E-state index in [0.717, 1.165) is 40.3 Å². The summed E-state index contributed by atoms with van der Waals surface area (Å²) in [5.41, 5.74) is 4.55. The molecule has 1 aromatic heterocycles. The van der Waals surface area contributed by atoms with Gasteiger partial charge in [-0.05, 0) is 44.0 Å². The number of aromatic nitrogens is 1. The van der Waals surface area contributed by atoms with E-state index in [2.05, 4.69) is 31.1 Å². The molecule has 90 valence electrons. The van der Waals surface area contributed by atoms with Crippen molar-refractivity contribution in [2.45, 2.75) is 27.2 Å². The van der Waals surface area contributed by atoms with E-state index >= 15 is 0 Å². The third-order valence-electron chi connectivity index (χ3n) is 2.98. The van der Waals surface area contributed by atoms with Crippen LogP contribution in [0.15, 0.2) is 18.2 Å². The monoisotopic (exact) mass is 248 g/mol. The van der Waals surface area contributed by atoms with E-state index in [4.69, 9.17) is 11.6 Å². The highest BCUT2D eigenvalue weighted by Gasteiger charge is 2.10. The summed E-state index contributed by atoms with van der Waals surface area (Å²) in [6.45, 7) is 7.24. The number of benzene rings is 1. The summed E-state index contributed by atoms with van der Waals surface area (Å²) >= 11 is 6.06. The molecule has 0 spiro atoms. The van der Waals surface area contributed by atoms with Gasteiger partial charge in [-0.3, -0.25) is 4.98 Å². The summed E-state index contributed by atoms with van der Waals surface area (Å²) < 4.78 is 0. The van der Waals surface area contributed by atoms with Crippen LogP contribution in [0.25, 0.3) is 10.9 Å². The molecule has 0 saturated carbocycles. The maximum Gasteiger partial charge on any atom is 0.0727 e. The van der Waals surface area contributed by atoms with Gasteiger partial charge < -0.3 is 5.32 Å². The van der Waals surface area contributed by atoms with Crippen molar-refractivity contribution in [1.29, 1.82) is 0 Å². The van der Waals surface area contributed by atoms with Crippen molar-refractivity contribution in [2.24, 2.45) is 0 Å². The fourth-order valence-corrected chi connectivity index (χ4v) is 2.30. The summed E-state index contributed by atoms with van der Waals surface area (Å²) in [5, 5.41) is 5.28. The Hall–Kier alpha value is -1.28. The fraction of sp³-hybridized carbons (Fsp3) is 0.357. The molecule has 17 heavy (non-hydrogen) atoms. The van der Waals surface area contributed by atoms with Crippen molar-refractivity contribution in [3.05, 3.63) is 34.5 Å². The third-order valence-corrected chi connectivity index (χ3v) is 3.21. The molecule has 0 atom stereocenters. The van der Waals surface area contributed by atoms with Gasteiger partial charge in [0.25, 0.3) is 0 Å². The molecule has 0 fully saturated rings. The maximum atomic E-state index is 6.06. The number of aryl methyl sites for hydroxylation is 1. The molecule has 1 aromatic carbocycles. The van der Waals surface area contributed by atoms with Crippen molar-refractivity contribution < 1.29 is 0 Å². The largest absolute Gasteiger partial charge is 0.385 e. The summed E-state index contributed by atoms with van der Waals surface area (Å²) in [6, 6.07) is 5.85. The first kappa shape index (κ1) is 12.2. The van der Waals surface area contributed by atoms with Crippen molar-refractivity contribution >= 4 is 28.2 Å². The Morgan fingerprint density at radius 1 is 1.29 bits per heavy atom. The van der Waals surface area contributed by atoms with Gasteiger partial charge in [0.15, 0.2) is 0 Å². The molecule has 0 aliphatic rings. The second-order valence-electron chi connectivity index (χ2n) is 4.10. The van der Waals surface area contributed by atoms with Gasteiger partial charge in [-0.25, -0.2) is 0 Å². The van der Waals surface area contributed by atoms with Crippen LogP contribution in [0, 0.1) is 6.92 Å². The molecule has 1 heterocycles. The SMILES string of the molecule is CCNc1c(C)c(CC)nc2ccc(Cl)cc12. The van der Waals surface area contributed by atoms with Crippen molar-refractivity contribution in [3.63, 3.8) is 0 Å². The van der Waals surface area contributed by atoms with Gasteiger partial charge in [0.1, 0.15) is 0 Å². The minimum absolute atomic E-state index is 0.752. The number of anilines is 1. The van der Waals surface area contributed by atoms with E-state index in [9.17, 15) is 0 Å². The predicted molar refractivity (Wildman–Crippen MR) is 75.0 cm³/mol. The summed E-state index contributed by atoms with van der Waals surface area (Å²) in [5.74, 6) is 0. The molecule has 0 saturated heterocycles. The third kappa shape index (κ3) is 2.22. The van der Waals surface area contributed by atoms with Gasteiger partial charge in [-0.15, -0.1) is 0 Å². The molecular weight excluding hydrogens is 232 g/mol. The van der Waals surface area contributed by atoms with E-state index in [0.29, 0.717) is 0 Å². The topological polar surface area (TPSA) is 24.9 Å². The first-order valence-electron chi connectivity index (χ1n) is 6.00. The number of halogens is 1. The number of fused-ring (bicyclic) bond motifs is 1. The zero-order valence-electron chi connectivity index (χ0n) is 10.5. The van der Waals surface area contributed by atoms with Gasteiger partial charge in [0.05, 0.1) is 5.52 Å². The molecule has 2 nitrogen and oxygen atoms in total. The molecule has 3 heteroatoms. The molecule has 0 radical (unpaired) electrons. The number of hydrogen-bond acceptors (Lipinski definition) is 2. The van der Waals surface area contributed by atoms with Crippen LogP contribution in [0.2, 0.25) is 5.02 Å². The fourth-order valence-electron chi connectivity index (χ4n) is 2.13. The Balaban J connectivity index is 2.77. The molecule has 0 bridgehead atoms. The van der Waals surface area contributed by atoms with Crippen LogP contribution in [0.1, 0.15) is 25.1 Å². The van der Waals surface area contributed by atoms with Crippen LogP contribution < -0.4 is 5.32 Å². The van der Waals surface area contributed by atoms with Crippen LogP contribution in [0.4, 0.5) is 5.69 Å². The smallest absolute Gasteiger partial charge is 0.0727 e. The molecule has 0 aliphatic heterocycles. The Bertz CT molecular complexity index is 549. The standard InChI is InChI=1S/C14H17ClN2/c1-4-12-9(3)14(16-5-2)11-8-10(15)6-7-13(11)17-12/h6-8H,4-5H2,1-3H3,(H,16,17). The highest BCUT2D eigenvalue weighted by Crippen LogP contribution is 2.30. The van der Waals surface area contributed by atoms with E-state index in [1.165, 1.54) is 5.56 Å². The zero-order valence-corrected chi connectivity index (χ0v) is 11.2. The lowest BCUT2D eigenvalue weighted by atomic mass is 10.1. The summed E-state index contributed by atoms with van der Waals surface area (Å²) in [6.07, 6.45) is 0.947. The van der Waals surface area contributed by atoms with Crippen LogP contribution in [0.3, 0.4) is 0 Å².